The number of benzene rings is 4. The Kier molecular flexibility index (Phi) is 4.61. The lowest BCUT2D eigenvalue weighted by Gasteiger charge is -2.27. The lowest BCUT2D eigenvalue weighted by molar-refractivity contribution is -0.659. The van der Waals surface area contributed by atoms with E-state index in [-0.39, 0.29) is 5.41 Å². The number of fused-ring (bicyclic) bond motifs is 5. The SMILES string of the molecule is Cc1ccc2c(C(C)C)c3c(c(C)c2c1)-c1c2c(cc4cc(C(C)(C)C)ccc4c2cc[n+]1C)O3. The molecule has 2 nitrogen and oxygen atoms in total. The molecule has 4 aromatic carbocycles. The van der Waals surface area contributed by atoms with Crippen LogP contribution in [0.15, 0.2) is 54.7 Å². The number of pyridine rings is 1. The highest BCUT2D eigenvalue weighted by atomic mass is 16.5. The first-order valence-corrected chi connectivity index (χ1v) is 12.7. The summed E-state index contributed by atoms with van der Waals surface area (Å²) in [6.45, 7) is 15.8. The molecule has 176 valence electrons. The van der Waals surface area contributed by atoms with Crippen molar-refractivity contribution in [2.45, 2.75) is 59.8 Å². The van der Waals surface area contributed by atoms with E-state index in [1.165, 1.54) is 65.8 Å². The smallest absolute Gasteiger partial charge is 0.228 e. The summed E-state index contributed by atoms with van der Waals surface area (Å²) in [6.07, 6.45) is 2.21. The number of aryl methyl sites for hydroxylation is 3. The summed E-state index contributed by atoms with van der Waals surface area (Å²) in [7, 11) is 2.16. The highest BCUT2D eigenvalue weighted by molar-refractivity contribution is 6.16. The first-order chi connectivity index (χ1) is 16.6. The third-order valence-corrected chi connectivity index (χ3v) is 7.81. The monoisotopic (exact) mass is 460 g/mol. The molecule has 2 heterocycles. The van der Waals surface area contributed by atoms with Crippen molar-refractivity contribution >= 4 is 32.3 Å². The molecule has 0 N–H and O–H groups in total. The van der Waals surface area contributed by atoms with Crippen LogP contribution in [-0.4, -0.2) is 0 Å². The summed E-state index contributed by atoms with van der Waals surface area (Å²) in [6, 6.07) is 18.3. The summed E-state index contributed by atoms with van der Waals surface area (Å²) in [4.78, 5) is 0. The summed E-state index contributed by atoms with van der Waals surface area (Å²) < 4.78 is 9.22. The van der Waals surface area contributed by atoms with Gasteiger partial charge in [-0.3, -0.25) is 0 Å². The van der Waals surface area contributed by atoms with Gasteiger partial charge in [0.05, 0.1) is 10.9 Å². The second-order valence-corrected chi connectivity index (χ2v) is 11.7. The van der Waals surface area contributed by atoms with Gasteiger partial charge in [-0.1, -0.05) is 76.6 Å². The molecule has 0 amide bonds. The molecule has 6 rings (SSSR count). The molecule has 0 saturated carbocycles. The topological polar surface area (TPSA) is 13.1 Å². The first-order valence-electron chi connectivity index (χ1n) is 12.7. The average molecular weight is 461 g/mol. The Balaban J connectivity index is 1.79. The highest BCUT2D eigenvalue weighted by Gasteiger charge is 2.34. The minimum Gasteiger partial charge on any atom is -0.455 e. The van der Waals surface area contributed by atoms with Gasteiger partial charge in [0.15, 0.2) is 6.20 Å². The molecular formula is C33H34NO+. The zero-order valence-electron chi connectivity index (χ0n) is 22.1. The number of aromatic nitrogens is 1. The minimum atomic E-state index is 0.0983. The third-order valence-electron chi connectivity index (χ3n) is 7.81. The van der Waals surface area contributed by atoms with Gasteiger partial charge >= 0.3 is 0 Å². The van der Waals surface area contributed by atoms with Crippen LogP contribution >= 0.6 is 0 Å². The van der Waals surface area contributed by atoms with Crippen molar-refractivity contribution < 1.29 is 9.30 Å². The number of rotatable bonds is 1. The Bertz CT molecular complexity index is 1700. The molecule has 0 unspecified atom stereocenters. The second kappa shape index (κ2) is 7.31. The van der Waals surface area contributed by atoms with Crippen molar-refractivity contribution in [1.82, 2.24) is 0 Å². The minimum absolute atomic E-state index is 0.0983. The van der Waals surface area contributed by atoms with Crippen LogP contribution in [0.4, 0.5) is 0 Å². The Morgan fingerprint density at radius 2 is 1.57 bits per heavy atom. The van der Waals surface area contributed by atoms with Crippen LogP contribution in [0.1, 0.15) is 62.8 Å². The number of hydrogen-bond acceptors (Lipinski definition) is 1. The van der Waals surface area contributed by atoms with Gasteiger partial charge in [0.25, 0.3) is 0 Å². The van der Waals surface area contributed by atoms with Crippen molar-refractivity contribution in [2.75, 3.05) is 0 Å². The van der Waals surface area contributed by atoms with E-state index in [1.54, 1.807) is 0 Å². The molecule has 2 heteroatoms. The number of ether oxygens (including phenoxy) is 1. The van der Waals surface area contributed by atoms with E-state index in [0.717, 1.165) is 11.5 Å². The molecule has 5 aromatic rings. The second-order valence-electron chi connectivity index (χ2n) is 11.7. The molecule has 0 atom stereocenters. The maximum absolute atomic E-state index is 6.94. The standard InChI is InChI=1S/C33H34NO/c1-18(2)28-24-11-9-19(3)15-26(24)20(4)29-31-30-25(13-14-34(31)8)23-12-10-22(33(5,6)7)16-21(23)17-27(30)35-32(28)29/h9-18H,1-8H3/q+1. The fraction of sp³-hybridized carbons (Fsp3) is 0.303. The van der Waals surface area contributed by atoms with Gasteiger partial charge in [0.2, 0.25) is 5.69 Å². The summed E-state index contributed by atoms with van der Waals surface area (Å²) in [5, 5.41) is 7.62. The zero-order valence-corrected chi connectivity index (χ0v) is 22.1. The van der Waals surface area contributed by atoms with Gasteiger partial charge in [0, 0.05) is 17.0 Å². The lowest BCUT2D eigenvalue weighted by Crippen LogP contribution is -2.32. The normalized spacial score (nSPS) is 13.1. The lowest BCUT2D eigenvalue weighted by atomic mass is 9.83. The van der Waals surface area contributed by atoms with Crippen LogP contribution in [0, 0.1) is 13.8 Å². The molecule has 0 aliphatic carbocycles. The predicted octanol–water partition coefficient (Wildman–Crippen LogP) is 8.78. The van der Waals surface area contributed by atoms with Crippen LogP contribution in [0.2, 0.25) is 0 Å². The van der Waals surface area contributed by atoms with E-state index in [4.69, 9.17) is 4.74 Å². The highest BCUT2D eigenvalue weighted by Crippen LogP contribution is 2.53. The van der Waals surface area contributed by atoms with E-state index in [1.807, 2.05) is 0 Å². The van der Waals surface area contributed by atoms with Crippen molar-refractivity contribution in [3.8, 4) is 22.8 Å². The van der Waals surface area contributed by atoms with Crippen molar-refractivity contribution in [3.63, 3.8) is 0 Å². The van der Waals surface area contributed by atoms with Gasteiger partial charge in [-0.15, -0.1) is 0 Å². The van der Waals surface area contributed by atoms with Crippen LogP contribution in [0.3, 0.4) is 0 Å². The van der Waals surface area contributed by atoms with Gasteiger partial charge < -0.3 is 4.74 Å². The van der Waals surface area contributed by atoms with Crippen LogP contribution in [-0.2, 0) is 12.5 Å². The largest absolute Gasteiger partial charge is 0.455 e. The van der Waals surface area contributed by atoms with Crippen molar-refractivity contribution in [1.29, 1.82) is 0 Å². The number of hydrogen-bond donors (Lipinski definition) is 0. The van der Waals surface area contributed by atoms with Crippen LogP contribution in [0.5, 0.6) is 11.5 Å². The Morgan fingerprint density at radius 1 is 0.829 bits per heavy atom. The first kappa shape index (κ1) is 22.1. The fourth-order valence-corrected chi connectivity index (χ4v) is 5.95. The Morgan fingerprint density at radius 3 is 2.29 bits per heavy atom. The molecule has 0 radical (unpaired) electrons. The summed E-state index contributed by atoms with van der Waals surface area (Å²) in [5.41, 5.74) is 7.81. The Hall–Kier alpha value is -3.39. The van der Waals surface area contributed by atoms with E-state index in [2.05, 4.69) is 115 Å². The Labute approximate surface area is 208 Å². The van der Waals surface area contributed by atoms with Gasteiger partial charge in [-0.2, -0.15) is 0 Å². The average Bonchev–Trinajstić information content (AvgIpc) is 2.79. The molecular weight excluding hydrogens is 426 g/mol. The van der Waals surface area contributed by atoms with E-state index >= 15 is 0 Å². The van der Waals surface area contributed by atoms with E-state index < -0.39 is 0 Å². The quantitative estimate of drug-likeness (QED) is 0.176. The summed E-state index contributed by atoms with van der Waals surface area (Å²) >= 11 is 0. The zero-order chi connectivity index (χ0) is 24.8. The van der Waals surface area contributed by atoms with Crippen LogP contribution < -0.4 is 9.30 Å². The maximum Gasteiger partial charge on any atom is 0.228 e. The van der Waals surface area contributed by atoms with Gasteiger partial charge in [0.1, 0.15) is 18.5 Å². The van der Waals surface area contributed by atoms with Crippen molar-refractivity contribution in [3.05, 3.63) is 77.0 Å². The van der Waals surface area contributed by atoms with Gasteiger partial charge in [-0.05, 0) is 63.9 Å². The van der Waals surface area contributed by atoms with Gasteiger partial charge in [-0.25, -0.2) is 4.57 Å². The third kappa shape index (κ3) is 3.12. The fourth-order valence-electron chi connectivity index (χ4n) is 5.95. The number of nitrogens with zero attached hydrogens (tertiary/aromatic N) is 1. The molecule has 0 bridgehead atoms. The summed E-state index contributed by atoms with van der Waals surface area (Å²) in [5.74, 6) is 2.33. The molecule has 1 aromatic heterocycles. The molecule has 0 fully saturated rings. The maximum atomic E-state index is 6.94. The van der Waals surface area contributed by atoms with E-state index in [0.29, 0.717) is 5.92 Å². The molecule has 1 aliphatic rings. The van der Waals surface area contributed by atoms with Crippen LogP contribution in [0.25, 0.3) is 43.6 Å². The van der Waals surface area contributed by atoms with E-state index in [9.17, 15) is 0 Å². The predicted molar refractivity (Wildman–Crippen MR) is 148 cm³/mol. The van der Waals surface area contributed by atoms with Crippen molar-refractivity contribution in [2.24, 2.45) is 7.05 Å². The molecule has 1 aliphatic heterocycles. The molecule has 0 saturated heterocycles. The molecule has 35 heavy (non-hydrogen) atoms. The molecule has 0 spiro atoms.